The van der Waals surface area contributed by atoms with E-state index >= 15 is 0 Å². The Morgan fingerprint density at radius 3 is 3.00 bits per heavy atom. The Hall–Kier alpha value is 0.0951. The molecule has 0 radical (unpaired) electrons. The summed E-state index contributed by atoms with van der Waals surface area (Å²) in [7, 11) is 0. The van der Waals surface area contributed by atoms with Crippen molar-refractivity contribution in [1.29, 1.82) is 0 Å². The van der Waals surface area contributed by atoms with Gasteiger partial charge in [-0.3, -0.25) is 0 Å². The van der Waals surface area contributed by atoms with Crippen LogP contribution in [0, 0.1) is 10.1 Å². The average molecular weight is 388 g/mol. The molecule has 0 aromatic heterocycles. The van der Waals surface area contributed by atoms with Gasteiger partial charge in [0, 0.05) is 0 Å². The van der Waals surface area contributed by atoms with Crippen LogP contribution in [0.4, 0.5) is 0 Å². The van der Waals surface area contributed by atoms with Gasteiger partial charge in [-0.25, -0.2) is 0 Å². The van der Waals surface area contributed by atoms with Gasteiger partial charge in [0.1, 0.15) is 0 Å². The first kappa shape index (κ1) is 10.6. The van der Waals surface area contributed by atoms with Gasteiger partial charge < -0.3 is 0 Å². The summed E-state index contributed by atoms with van der Waals surface area (Å²) in [6, 6.07) is 0. The molecule has 2 bridgehead atoms. The van der Waals surface area contributed by atoms with Gasteiger partial charge in [-0.2, -0.15) is 0 Å². The maximum absolute atomic E-state index is 10.1. The van der Waals surface area contributed by atoms with Crippen LogP contribution in [0.5, 0.6) is 0 Å². The summed E-state index contributed by atoms with van der Waals surface area (Å²) in [5.41, 5.74) is 0. The zero-order chi connectivity index (χ0) is 9.97. The minimum atomic E-state index is -1.80. The van der Waals surface area contributed by atoms with Crippen LogP contribution in [0.15, 0.2) is 0 Å². The first-order valence-electron chi connectivity index (χ1n) is 5.18. The second kappa shape index (κ2) is 4.74. The van der Waals surface area contributed by atoms with Crippen molar-refractivity contribution in [1.82, 2.24) is 0 Å². The van der Waals surface area contributed by atoms with Gasteiger partial charge in [-0.1, -0.05) is 0 Å². The molecule has 0 N–H and O–H groups in total. The molecule has 14 heavy (non-hydrogen) atoms. The fraction of sp³-hybridized carbons (Fsp3) is 1.00. The molecule has 0 aromatic rings. The van der Waals surface area contributed by atoms with Crippen LogP contribution in [0.25, 0.3) is 0 Å². The normalized spacial score (nSPS) is 35.9. The van der Waals surface area contributed by atoms with Crippen LogP contribution in [0.1, 0.15) is 32.1 Å². The quantitative estimate of drug-likeness (QED) is 0.420. The number of hydrogen-bond acceptors (Lipinski definition) is 4. The molecule has 0 aliphatic carbocycles. The van der Waals surface area contributed by atoms with Crippen LogP contribution in [0.2, 0.25) is 3.43 Å². The first-order chi connectivity index (χ1) is 6.75. The number of hydrogen-bond donors (Lipinski definition) is 0. The Kier molecular flexibility index (Phi) is 3.59. The van der Waals surface area contributed by atoms with Crippen LogP contribution in [0.3, 0.4) is 0 Å². The fourth-order valence-electron chi connectivity index (χ4n) is 2.42. The van der Waals surface area contributed by atoms with E-state index in [1.165, 1.54) is 12.8 Å². The molecule has 0 aromatic carbocycles. The van der Waals surface area contributed by atoms with Crippen molar-refractivity contribution in [2.45, 2.75) is 47.7 Å². The summed E-state index contributed by atoms with van der Waals surface area (Å²) >= 11 is -1.80. The van der Waals surface area contributed by atoms with Crippen molar-refractivity contribution >= 4 is 0 Å². The molecule has 2 saturated heterocycles. The molecule has 2 aliphatic heterocycles. The van der Waals surface area contributed by atoms with E-state index in [4.69, 9.17) is 4.74 Å². The minimum absolute atomic E-state index is 0.295. The Labute approximate surface area is 95.3 Å². The molecule has 2 aliphatic rings. The van der Waals surface area contributed by atoms with Crippen LogP contribution in [-0.2, 0) is 32.5 Å². The SMILES string of the molecule is O=[N+]([O-])[O][Hg][C@@H]1CCC2CCCC1O2. The number of nitrogens with zero attached hydrogens (tertiary/aromatic N) is 1. The standard InChI is InChI=1S/C8H13O.Hg.NO3/c1-3-7-5-2-6-8(4-1)9-7;;2-1(3)4/h3,7-8H,1-2,4-6H2;;/q;+1;-1. The Morgan fingerprint density at radius 2 is 2.21 bits per heavy atom. The van der Waals surface area contributed by atoms with Crippen molar-refractivity contribution in [2.75, 3.05) is 0 Å². The van der Waals surface area contributed by atoms with Crippen molar-refractivity contribution < 1.29 is 37.6 Å². The predicted octanol–water partition coefficient (Wildman–Crippen LogP) is 1.71. The van der Waals surface area contributed by atoms with Crippen molar-refractivity contribution in [3.63, 3.8) is 0 Å². The van der Waals surface area contributed by atoms with Gasteiger partial charge in [-0.05, 0) is 0 Å². The molecule has 2 rings (SSSR count). The molecule has 5 nitrogen and oxygen atoms in total. The Morgan fingerprint density at radius 1 is 1.36 bits per heavy atom. The Balaban J connectivity index is 1.83. The molecule has 2 unspecified atom stereocenters. The molecule has 76 valence electrons. The summed E-state index contributed by atoms with van der Waals surface area (Å²) < 4.78 is 10.9. The first-order valence-corrected chi connectivity index (χ1v) is 10.6. The fourth-order valence-corrected chi connectivity index (χ4v) is 7.39. The van der Waals surface area contributed by atoms with E-state index in [0.29, 0.717) is 15.6 Å². The van der Waals surface area contributed by atoms with E-state index in [1.54, 1.807) is 0 Å². The second-order valence-electron chi connectivity index (χ2n) is 4.08. The molecule has 0 amide bonds. The third kappa shape index (κ3) is 2.56. The number of rotatable bonds is 3. The predicted molar refractivity (Wildman–Crippen MR) is 43.6 cm³/mol. The Bertz CT molecular complexity index is 225. The van der Waals surface area contributed by atoms with Crippen molar-refractivity contribution in [2.24, 2.45) is 0 Å². The van der Waals surface area contributed by atoms with E-state index in [2.05, 4.69) is 2.75 Å². The molecule has 3 atom stereocenters. The van der Waals surface area contributed by atoms with Crippen molar-refractivity contribution in [3.8, 4) is 0 Å². The second-order valence-corrected chi connectivity index (χ2v) is 10.5. The van der Waals surface area contributed by atoms with E-state index in [0.717, 1.165) is 19.3 Å². The molecular weight excluding hydrogens is 375 g/mol. The van der Waals surface area contributed by atoms with Gasteiger partial charge in [-0.15, -0.1) is 0 Å². The number of fused-ring (bicyclic) bond motifs is 2. The molecule has 6 heteroatoms. The number of ether oxygens (including phenoxy) is 1. The summed E-state index contributed by atoms with van der Waals surface area (Å²) in [5, 5.41) is 9.50. The summed E-state index contributed by atoms with van der Waals surface area (Å²) in [6.07, 6.45) is 6.40. The van der Waals surface area contributed by atoms with E-state index in [9.17, 15) is 10.1 Å². The molecule has 2 fully saturated rings. The van der Waals surface area contributed by atoms with E-state index in [1.807, 2.05) is 0 Å². The maximum atomic E-state index is 10.1. The average Bonchev–Trinajstić information content (AvgIpc) is 2.17. The van der Waals surface area contributed by atoms with Crippen LogP contribution in [-0.4, -0.2) is 17.3 Å². The third-order valence-corrected chi connectivity index (χ3v) is 9.86. The molecule has 2 heterocycles. The topological polar surface area (TPSA) is 61.6 Å². The molecule has 0 saturated carbocycles. The monoisotopic (exact) mass is 389 g/mol. The van der Waals surface area contributed by atoms with Gasteiger partial charge in [0.05, 0.1) is 0 Å². The van der Waals surface area contributed by atoms with Crippen molar-refractivity contribution in [3.05, 3.63) is 10.1 Å². The van der Waals surface area contributed by atoms with Gasteiger partial charge >= 0.3 is 95.5 Å². The van der Waals surface area contributed by atoms with Gasteiger partial charge in [0.15, 0.2) is 0 Å². The molecular formula is C8H13HgNO4. The summed E-state index contributed by atoms with van der Waals surface area (Å²) in [4.78, 5) is 10.1. The van der Waals surface area contributed by atoms with Gasteiger partial charge in [0.2, 0.25) is 0 Å². The zero-order valence-electron chi connectivity index (χ0n) is 8.05. The van der Waals surface area contributed by atoms with E-state index in [-0.39, 0.29) is 0 Å². The van der Waals surface area contributed by atoms with Crippen LogP contribution >= 0.6 is 0 Å². The zero-order valence-corrected chi connectivity index (χ0v) is 13.6. The van der Waals surface area contributed by atoms with Gasteiger partial charge in [0.25, 0.3) is 0 Å². The summed E-state index contributed by atoms with van der Waals surface area (Å²) in [5.74, 6) is 0. The third-order valence-electron chi connectivity index (χ3n) is 3.16. The van der Waals surface area contributed by atoms with E-state index < -0.39 is 30.1 Å². The van der Waals surface area contributed by atoms with Crippen LogP contribution < -0.4 is 0 Å². The summed E-state index contributed by atoms with van der Waals surface area (Å²) in [6.45, 7) is 0. The molecule has 0 spiro atoms.